The van der Waals surface area contributed by atoms with Crippen molar-refractivity contribution in [1.29, 1.82) is 0 Å². The van der Waals surface area contributed by atoms with Gasteiger partial charge in [-0.05, 0) is 56.7 Å². The zero-order valence-corrected chi connectivity index (χ0v) is 17.1. The van der Waals surface area contributed by atoms with Crippen LogP contribution in [-0.2, 0) is 4.74 Å². The summed E-state index contributed by atoms with van der Waals surface area (Å²) < 4.78 is 5.93. The van der Waals surface area contributed by atoms with Gasteiger partial charge in [-0.1, -0.05) is 31.4 Å². The number of hydrogen-bond donors (Lipinski definition) is 2. The molecule has 0 heterocycles. The summed E-state index contributed by atoms with van der Waals surface area (Å²) in [5.41, 5.74) is 8.11. The minimum absolute atomic E-state index is 0. The molecule has 0 unspecified atom stereocenters. The minimum atomic E-state index is 0. The second kappa shape index (κ2) is 12.5. The number of benzene rings is 1. The predicted molar refractivity (Wildman–Crippen MR) is 113 cm³/mol. The number of anilines is 1. The third-order valence-corrected chi connectivity index (χ3v) is 4.28. The topological polar surface area (TPSA) is 59.6 Å². The smallest absolute Gasteiger partial charge is 0.193 e. The lowest BCUT2D eigenvalue weighted by atomic mass is 9.98. The number of nitrogens with one attached hydrogen (secondary N) is 1. The maximum Gasteiger partial charge on any atom is 0.193 e. The molecule has 0 radical (unpaired) electrons. The molecule has 0 atom stereocenters. The van der Waals surface area contributed by atoms with E-state index in [-0.39, 0.29) is 24.0 Å². The SMILES string of the molecule is Cc1cccc(NC(N)=NCCCCCOC2CCCCC2)c1.I. The summed E-state index contributed by atoms with van der Waals surface area (Å²) >= 11 is 0. The van der Waals surface area contributed by atoms with E-state index in [0.29, 0.717) is 12.1 Å². The number of guanidine groups is 1. The first-order chi connectivity index (χ1) is 11.2. The normalized spacial score (nSPS) is 15.8. The number of rotatable bonds is 8. The molecule has 0 aromatic heterocycles. The average Bonchev–Trinajstić information content (AvgIpc) is 2.55. The summed E-state index contributed by atoms with van der Waals surface area (Å²) in [7, 11) is 0. The molecule has 1 aromatic carbocycles. The minimum Gasteiger partial charge on any atom is -0.378 e. The van der Waals surface area contributed by atoms with Gasteiger partial charge in [0.1, 0.15) is 0 Å². The number of ether oxygens (including phenoxy) is 1. The van der Waals surface area contributed by atoms with Crippen LogP contribution in [0.1, 0.15) is 56.9 Å². The maximum atomic E-state index is 5.93. The van der Waals surface area contributed by atoms with Crippen molar-refractivity contribution in [3.8, 4) is 0 Å². The summed E-state index contributed by atoms with van der Waals surface area (Å²) in [4.78, 5) is 4.38. The van der Waals surface area contributed by atoms with Crippen molar-refractivity contribution in [1.82, 2.24) is 0 Å². The fraction of sp³-hybridized carbons (Fsp3) is 0.632. The van der Waals surface area contributed by atoms with Crippen molar-refractivity contribution >= 4 is 35.6 Å². The van der Waals surface area contributed by atoms with Crippen molar-refractivity contribution in [2.45, 2.75) is 64.4 Å². The molecule has 0 amide bonds. The molecule has 5 heteroatoms. The summed E-state index contributed by atoms with van der Waals surface area (Å²) in [6.07, 6.45) is 10.4. The Kier molecular flexibility index (Phi) is 11.1. The van der Waals surface area contributed by atoms with E-state index < -0.39 is 0 Å². The molecule has 4 nitrogen and oxygen atoms in total. The van der Waals surface area contributed by atoms with Crippen LogP contribution in [0.2, 0.25) is 0 Å². The van der Waals surface area contributed by atoms with Gasteiger partial charge >= 0.3 is 0 Å². The molecule has 1 aliphatic carbocycles. The highest BCUT2D eigenvalue weighted by molar-refractivity contribution is 14.0. The highest BCUT2D eigenvalue weighted by Gasteiger charge is 2.12. The van der Waals surface area contributed by atoms with Gasteiger partial charge in [0.25, 0.3) is 0 Å². The Morgan fingerprint density at radius 1 is 1.21 bits per heavy atom. The predicted octanol–water partition coefficient (Wildman–Crippen LogP) is 4.86. The van der Waals surface area contributed by atoms with Gasteiger partial charge in [-0.25, -0.2) is 0 Å². The molecule has 3 N–H and O–H groups in total. The molecular formula is C19H32IN3O. The highest BCUT2D eigenvalue weighted by Crippen LogP contribution is 2.20. The molecular weight excluding hydrogens is 413 g/mol. The quantitative estimate of drug-likeness (QED) is 0.260. The number of nitrogens with two attached hydrogens (primary N) is 1. The third kappa shape index (κ3) is 8.87. The second-order valence-corrected chi connectivity index (χ2v) is 6.45. The van der Waals surface area contributed by atoms with Crippen molar-refractivity contribution in [3.05, 3.63) is 29.8 Å². The van der Waals surface area contributed by atoms with Gasteiger partial charge < -0.3 is 15.8 Å². The van der Waals surface area contributed by atoms with Crippen LogP contribution < -0.4 is 11.1 Å². The van der Waals surface area contributed by atoms with Crippen LogP contribution in [0.15, 0.2) is 29.3 Å². The van der Waals surface area contributed by atoms with Gasteiger partial charge in [-0.15, -0.1) is 24.0 Å². The molecule has 1 fully saturated rings. The molecule has 24 heavy (non-hydrogen) atoms. The standard InChI is InChI=1S/C19H31N3O.HI/c1-16-9-8-10-17(15-16)22-19(20)21-13-6-3-7-14-23-18-11-4-2-5-12-18;/h8-10,15,18H,2-7,11-14H2,1H3,(H3,20,21,22);1H. The van der Waals surface area contributed by atoms with E-state index in [1.54, 1.807) is 0 Å². The number of aryl methyl sites for hydroxylation is 1. The van der Waals surface area contributed by atoms with E-state index >= 15 is 0 Å². The third-order valence-electron chi connectivity index (χ3n) is 4.28. The van der Waals surface area contributed by atoms with E-state index in [2.05, 4.69) is 29.4 Å². The Morgan fingerprint density at radius 2 is 2.00 bits per heavy atom. The Morgan fingerprint density at radius 3 is 2.75 bits per heavy atom. The van der Waals surface area contributed by atoms with E-state index in [1.807, 2.05) is 12.1 Å². The highest BCUT2D eigenvalue weighted by atomic mass is 127. The van der Waals surface area contributed by atoms with Crippen molar-refractivity contribution in [3.63, 3.8) is 0 Å². The van der Waals surface area contributed by atoms with Gasteiger partial charge in [0.15, 0.2) is 5.96 Å². The van der Waals surface area contributed by atoms with Crippen molar-refractivity contribution in [2.75, 3.05) is 18.5 Å². The Hall–Kier alpha value is -0.820. The lowest BCUT2D eigenvalue weighted by Gasteiger charge is -2.21. The van der Waals surface area contributed by atoms with Gasteiger partial charge in [0, 0.05) is 18.8 Å². The molecule has 136 valence electrons. The van der Waals surface area contributed by atoms with Crippen LogP contribution in [0.25, 0.3) is 0 Å². The summed E-state index contributed by atoms with van der Waals surface area (Å²) in [5, 5.41) is 3.13. The fourth-order valence-electron chi connectivity index (χ4n) is 2.98. The lowest BCUT2D eigenvalue weighted by molar-refractivity contribution is 0.0264. The van der Waals surface area contributed by atoms with Gasteiger partial charge in [-0.2, -0.15) is 0 Å². The molecule has 0 spiro atoms. The van der Waals surface area contributed by atoms with Gasteiger partial charge in [0.2, 0.25) is 0 Å². The summed E-state index contributed by atoms with van der Waals surface area (Å²) in [6, 6.07) is 8.13. The fourth-order valence-corrected chi connectivity index (χ4v) is 2.98. The van der Waals surface area contributed by atoms with Gasteiger partial charge in [-0.3, -0.25) is 4.99 Å². The van der Waals surface area contributed by atoms with Crippen LogP contribution in [0.4, 0.5) is 5.69 Å². The first kappa shape index (κ1) is 21.2. The van der Waals surface area contributed by atoms with Crippen molar-refractivity contribution < 1.29 is 4.74 Å². The van der Waals surface area contributed by atoms with Crippen LogP contribution in [-0.4, -0.2) is 25.2 Å². The van der Waals surface area contributed by atoms with Crippen LogP contribution in [0.5, 0.6) is 0 Å². The molecule has 0 bridgehead atoms. The number of hydrogen-bond acceptors (Lipinski definition) is 2. The van der Waals surface area contributed by atoms with E-state index in [4.69, 9.17) is 10.5 Å². The first-order valence-corrected chi connectivity index (χ1v) is 8.99. The molecule has 0 aliphatic heterocycles. The summed E-state index contributed by atoms with van der Waals surface area (Å²) in [5.74, 6) is 0.494. The average molecular weight is 445 g/mol. The molecule has 0 saturated heterocycles. The zero-order valence-electron chi connectivity index (χ0n) is 14.8. The first-order valence-electron chi connectivity index (χ1n) is 8.99. The lowest BCUT2D eigenvalue weighted by Crippen LogP contribution is -2.22. The number of halogens is 1. The largest absolute Gasteiger partial charge is 0.378 e. The molecule has 1 aromatic rings. The molecule has 2 rings (SSSR count). The van der Waals surface area contributed by atoms with Gasteiger partial charge in [0.05, 0.1) is 6.10 Å². The van der Waals surface area contributed by atoms with Crippen LogP contribution in [0.3, 0.4) is 0 Å². The number of nitrogens with zero attached hydrogens (tertiary/aromatic N) is 1. The van der Waals surface area contributed by atoms with Crippen LogP contribution >= 0.6 is 24.0 Å². The van der Waals surface area contributed by atoms with E-state index in [0.717, 1.165) is 38.1 Å². The van der Waals surface area contributed by atoms with E-state index in [1.165, 1.54) is 37.7 Å². The number of unbranched alkanes of at least 4 members (excludes halogenated alkanes) is 2. The van der Waals surface area contributed by atoms with E-state index in [9.17, 15) is 0 Å². The Bertz CT molecular complexity index is 487. The van der Waals surface area contributed by atoms with Crippen molar-refractivity contribution in [2.24, 2.45) is 10.7 Å². The monoisotopic (exact) mass is 445 g/mol. The molecule has 1 saturated carbocycles. The Labute approximate surface area is 163 Å². The second-order valence-electron chi connectivity index (χ2n) is 6.45. The maximum absolute atomic E-state index is 5.93. The zero-order chi connectivity index (χ0) is 16.3. The number of aliphatic imine (C=N–C) groups is 1. The van der Waals surface area contributed by atoms with Crippen LogP contribution in [0, 0.1) is 6.92 Å². The Balaban J connectivity index is 0.00000288. The molecule has 1 aliphatic rings. The summed E-state index contributed by atoms with van der Waals surface area (Å²) in [6.45, 7) is 3.73.